The van der Waals surface area contributed by atoms with Gasteiger partial charge in [-0.2, -0.15) is 0 Å². The number of hydrogen-bond donors (Lipinski definition) is 0. The molecule has 0 heterocycles. The van der Waals surface area contributed by atoms with Gasteiger partial charge in [0.15, 0.2) is 17.5 Å². The number of benzene rings is 1. The molecule has 0 aromatic heterocycles. The summed E-state index contributed by atoms with van der Waals surface area (Å²) in [5.74, 6) is -1.09. The second kappa shape index (κ2) is 12.0. The van der Waals surface area contributed by atoms with Gasteiger partial charge in [0.25, 0.3) is 0 Å². The molecular formula is C27H39F3. The van der Waals surface area contributed by atoms with Crippen LogP contribution in [0.3, 0.4) is 0 Å². The molecule has 2 fully saturated rings. The lowest BCUT2D eigenvalue weighted by Gasteiger charge is -2.29. The van der Waals surface area contributed by atoms with Crippen molar-refractivity contribution in [3.8, 4) is 0 Å². The number of allylic oxidation sites excluding steroid dienone is 2. The molecule has 0 amide bonds. The molecule has 3 rings (SSSR count). The molecule has 30 heavy (non-hydrogen) atoms. The highest BCUT2D eigenvalue weighted by atomic mass is 19.2. The Labute approximate surface area is 181 Å². The molecule has 3 heteroatoms. The Morgan fingerprint density at radius 2 is 1.27 bits per heavy atom. The van der Waals surface area contributed by atoms with Crippen LogP contribution in [-0.2, 0) is 0 Å². The summed E-state index contributed by atoms with van der Waals surface area (Å²) < 4.78 is 40.2. The van der Waals surface area contributed by atoms with Crippen molar-refractivity contribution in [1.82, 2.24) is 0 Å². The maximum atomic E-state index is 13.5. The Bertz CT molecular complexity index is 642. The van der Waals surface area contributed by atoms with Crippen LogP contribution in [-0.4, -0.2) is 0 Å². The lowest BCUT2D eigenvalue weighted by Crippen LogP contribution is -2.15. The smallest absolute Gasteiger partial charge is 0.194 e. The molecule has 0 nitrogen and oxygen atoms in total. The van der Waals surface area contributed by atoms with E-state index in [4.69, 9.17) is 0 Å². The highest BCUT2D eigenvalue weighted by Crippen LogP contribution is 2.38. The van der Waals surface area contributed by atoms with Gasteiger partial charge in [-0.15, -0.1) is 0 Å². The van der Waals surface area contributed by atoms with Crippen LogP contribution >= 0.6 is 0 Å². The molecule has 0 N–H and O–H groups in total. The molecule has 0 aliphatic heterocycles. The summed E-state index contributed by atoms with van der Waals surface area (Å²) in [6.45, 7) is 2.27. The van der Waals surface area contributed by atoms with E-state index in [0.29, 0.717) is 11.5 Å². The Balaban J connectivity index is 1.35. The van der Waals surface area contributed by atoms with Gasteiger partial charge in [0.2, 0.25) is 0 Å². The van der Waals surface area contributed by atoms with Crippen molar-refractivity contribution in [2.24, 2.45) is 17.8 Å². The zero-order chi connectivity index (χ0) is 21.3. The van der Waals surface area contributed by atoms with Crippen LogP contribution in [0.25, 0.3) is 0 Å². The first-order chi connectivity index (χ1) is 14.6. The Morgan fingerprint density at radius 3 is 1.83 bits per heavy atom. The van der Waals surface area contributed by atoms with Crippen LogP contribution in [0.15, 0.2) is 24.3 Å². The predicted octanol–water partition coefficient (Wildman–Crippen LogP) is 9.10. The predicted molar refractivity (Wildman–Crippen MR) is 119 cm³/mol. The second-order valence-corrected chi connectivity index (χ2v) is 9.78. The quantitative estimate of drug-likeness (QED) is 0.212. The third-order valence-corrected chi connectivity index (χ3v) is 7.51. The minimum Gasteiger partial charge on any atom is -0.204 e. The summed E-state index contributed by atoms with van der Waals surface area (Å²) in [5, 5.41) is 0. The maximum Gasteiger partial charge on any atom is 0.194 e. The van der Waals surface area contributed by atoms with Crippen LogP contribution in [0.1, 0.15) is 108 Å². The number of unbranched alkanes of at least 4 members (excludes halogenated alkanes) is 4. The fourth-order valence-corrected chi connectivity index (χ4v) is 5.48. The third kappa shape index (κ3) is 6.89. The van der Waals surface area contributed by atoms with Crippen molar-refractivity contribution >= 4 is 0 Å². The van der Waals surface area contributed by atoms with E-state index in [1.165, 1.54) is 76.3 Å². The van der Waals surface area contributed by atoms with Gasteiger partial charge in [0.05, 0.1) is 0 Å². The zero-order valence-corrected chi connectivity index (χ0v) is 18.7. The molecule has 1 aromatic rings. The minimum atomic E-state index is -1.36. The first kappa shape index (κ1) is 23.4. The van der Waals surface area contributed by atoms with E-state index in [1.807, 2.05) is 0 Å². The van der Waals surface area contributed by atoms with Crippen LogP contribution in [0.4, 0.5) is 13.2 Å². The van der Waals surface area contributed by atoms with Gasteiger partial charge in [0, 0.05) is 0 Å². The molecule has 2 aliphatic carbocycles. The number of halogens is 3. The lowest BCUT2D eigenvalue weighted by molar-refractivity contribution is 0.287. The average molecular weight is 421 g/mol. The van der Waals surface area contributed by atoms with E-state index >= 15 is 0 Å². The minimum absolute atomic E-state index is 0.145. The molecular weight excluding hydrogens is 381 g/mol. The Morgan fingerprint density at radius 1 is 0.733 bits per heavy atom. The van der Waals surface area contributed by atoms with Crippen LogP contribution < -0.4 is 0 Å². The standard InChI is InChI=1S/C27H39F3/c1-2-3-4-5-6-7-20-8-10-21(11-9-20)12-13-22-14-16-23(17-15-22)24-18-25(28)27(30)26(29)19-24/h12-13,18-23H,2-11,14-17H2,1H3/t20-,21-,22-,23-. The number of rotatable bonds is 9. The van der Waals surface area contributed by atoms with Gasteiger partial charge in [-0.05, 0) is 92.7 Å². The van der Waals surface area contributed by atoms with Crippen molar-refractivity contribution in [2.45, 2.75) is 103 Å². The zero-order valence-electron chi connectivity index (χ0n) is 18.7. The monoisotopic (exact) mass is 420 g/mol. The molecule has 0 atom stereocenters. The number of hydrogen-bond acceptors (Lipinski definition) is 0. The molecule has 168 valence electrons. The van der Waals surface area contributed by atoms with Gasteiger partial charge in [-0.25, -0.2) is 13.2 Å². The summed E-state index contributed by atoms with van der Waals surface area (Å²) >= 11 is 0. The van der Waals surface area contributed by atoms with E-state index in [9.17, 15) is 13.2 Å². The molecule has 0 saturated heterocycles. The summed E-state index contributed by atoms with van der Waals surface area (Å²) in [4.78, 5) is 0. The molecule has 0 radical (unpaired) electrons. The SMILES string of the molecule is CCCCCCC[C@H]1CC[C@H](C=C[C@H]2CC[C@H](c3cc(F)c(F)c(F)c3)CC2)CC1. The molecule has 0 unspecified atom stereocenters. The molecule has 2 saturated carbocycles. The van der Waals surface area contributed by atoms with Gasteiger partial charge in [-0.1, -0.05) is 57.6 Å². The summed E-state index contributed by atoms with van der Waals surface area (Å²) in [5.41, 5.74) is 0.613. The van der Waals surface area contributed by atoms with E-state index in [-0.39, 0.29) is 5.92 Å². The topological polar surface area (TPSA) is 0 Å². The fraction of sp³-hybridized carbons (Fsp3) is 0.704. The summed E-state index contributed by atoms with van der Waals surface area (Å²) in [6, 6.07) is 2.36. The van der Waals surface area contributed by atoms with Crippen molar-refractivity contribution < 1.29 is 13.2 Å². The molecule has 0 bridgehead atoms. The van der Waals surface area contributed by atoms with E-state index < -0.39 is 17.5 Å². The first-order valence-corrected chi connectivity index (χ1v) is 12.4. The van der Waals surface area contributed by atoms with E-state index in [2.05, 4.69) is 19.1 Å². The van der Waals surface area contributed by atoms with E-state index in [1.54, 1.807) is 0 Å². The fourth-order valence-electron chi connectivity index (χ4n) is 5.48. The largest absolute Gasteiger partial charge is 0.204 e. The summed E-state index contributed by atoms with van der Waals surface area (Å²) in [7, 11) is 0. The Hall–Kier alpha value is -1.25. The molecule has 1 aromatic carbocycles. The Kier molecular flexibility index (Phi) is 9.33. The van der Waals surface area contributed by atoms with Gasteiger partial charge in [0.1, 0.15) is 0 Å². The summed E-state index contributed by atoms with van der Waals surface area (Å²) in [6.07, 6.45) is 22.6. The van der Waals surface area contributed by atoms with Crippen molar-refractivity contribution in [2.75, 3.05) is 0 Å². The van der Waals surface area contributed by atoms with Crippen molar-refractivity contribution in [3.63, 3.8) is 0 Å². The van der Waals surface area contributed by atoms with Crippen molar-refractivity contribution in [3.05, 3.63) is 47.3 Å². The van der Waals surface area contributed by atoms with Crippen LogP contribution in [0.5, 0.6) is 0 Å². The maximum absolute atomic E-state index is 13.5. The molecule has 0 spiro atoms. The lowest BCUT2D eigenvalue weighted by atomic mass is 9.76. The average Bonchev–Trinajstić information content (AvgIpc) is 2.77. The molecule has 2 aliphatic rings. The van der Waals surface area contributed by atoms with E-state index in [0.717, 1.165) is 37.5 Å². The van der Waals surface area contributed by atoms with Gasteiger partial charge in [-0.3, -0.25) is 0 Å². The van der Waals surface area contributed by atoms with Gasteiger partial charge < -0.3 is 0 Å². The highest BCUT2D eigenvalue weighted by Gasteiger charge is 2.24. The highest BCUT2D eigenvalue weighted by molar-refractivity contribution is 5.23. The first-order valence-electron chi connectivity index (χ1n) is 12.4. The van der Waals surface area contributed by atoms with Crippen LogP contribution in [0, 0.1) is 35.2 Å². The van der Waals surface area contributed by atoms with Crippen molar-refractivity contribution in [1.29, 1.82) is 0 Å². The third-order valence-electron chi connectivity index (χ3n) is 7.51. The van der Waals surface area contributed by atoms with Gasteiger partial charge >= 0.3 is 0 Å². The normalized spacial score (nSPS) is 27.6. The van der Waals surface area contributed by atoms with Crippen LogP contribution in [0.2, 0.25) is 0 Å². The second-order valence-electron chi connectivity index (χ2n) is 9.78.